The molecular weight excluding hydrogens is 455 g/mol. The van der Waals surface area contributed by atoms with E-state index in [-0.39, 0.29) is 18.5 Å². The van der Waals surface area contributed by atoms with E-state index in [0.29, 0.717) is 68.1 Å². The number of nitrogens with two attached hydrogens (primary N) is 1. The summed E-state index contributed by atoms with van der Waals surface area (Å²) in [5.41, 5.74) is 4.69. The van der Waals surface area contributed by atoms with Gasteiger partial charge < -0.3 is 30.5 Å². The molecule has 1 fully saturated rings. The maximum absolute atomic E-state index is 13.6. The van der Waals surface area contributed by atoms with Crippen molar-refractivity contribution in [2.24, 2.45) is 0 Å². The Morgan fingerprint density at radius 3 is 2.29 bits per heavy atom. The van der Waals surface area contributed by atoms with Crippen LogP contribution in [0.5, 0.6) is 11.5 Å². The van der Waals surface area contributed by atoms with Crippen molar-refractivity contribution in [3.63, 3.8) is 0 Å². The summed E-state index contributed by atoms with van der Waals surface area (Å²) in [6.45, 7) is 5.86. The number of carbonyl (C=O) groups is 1. The van der Waals surface area contributed by atoms with E-state index in [9.17, 15) is 23.1 Å². The quantitative estimate of drug-likeness (QED) is 0.461. The van der Waals surface area contributed by atoms with Crippen molar-refractivity contribution >= 4 is 17.6 Å². The van der Waals surface area contributed by atoms with Crippen LogP contribution in [0.15, 0.2) is 18.3 Å². The number of anilines is 2. The molecule has 0 saturated carbocycles. The zero-order chi connectivity index (χ0) is 24.9. The van der Waals surface area contributed by atoms with Crippen LogP contribution >= 0.6 is 0 Å². The lowest BCUT2D eigenvalue weighted by atomic mass is 10.0. The van der Waals surface area contributed by atoms with Crippen molar-refractivity contribution in [2.45, 2.75) is 45.5 Å². The number of aromatic carboxylic acids is 1. The number of piperidine rings is 1. The fourth-order valence-corrected chi connectivity index (χ4v) is 3.86. The SMILES string of the molecule is CCOc1cc(CN(c2ncc(C(=O)O)c(C(F)(F)F)n2)C2CCNCC2)cc(OCC)c1N. The van der Waals surface area contributed by atoms with E-state index >= 15 is 0 Å². The lowest BCUT2D eigenvalue weighted by Gasteiger charge is -2.35. The first-order valence-corrected chi connectivity index (χ1v) is 11.0. The number of aromatic nitrogens is 2. The predicted molar refractivity (Wildman–Crippen MR) is 119 cm³/mol. The molecule has 1 aliphatic heterocycles. The Hall–Kier alpha value is -3.28. The molecule has 12 heteroatoms. The maximum atomic E-state index is 13.6. The molecule has 2 aromatic rings. The minimum Gasteiger partial charge on any atom is -0.492 e. The van der Waals surface area contributed by atoms with Crippen molar-refractivity contribution in [3.05, 3.63) is 35.2 Å². The summed E-state index contributed by atoms with van der Waals surface area (Å²) >= 11 is 0. The number of hydrogen-bond acceptors (Lipinski definition) is 8. The van der Waals surface area contributed by atoms with E-state index in [4.69, 9.17) is 15.2 Å². The van der Waals surface area contributed by atoms with Crippen molar-refractivity contribution in [1.82, 2.24) is 15.3 Å². The summed E-state index contributed by atoms with van der Waals surface area (Å²) < 4.78 is 52.1. The molecule has 0 bridgehead atoms. The number of benzene rings is 1. The summed E-state index contributed by atoms with van der Waals surface area (Å²) in [7, 11) is 0. The third-order valence-corrected chi connectivity index (χ3v) is 5.40. The van der Waals surface area contributed by atoms with Crippen molar-refractivity contribution in [1.29, 1.82) is 0 Å². The van der Waals surface area contributed by atoms with Crippen molar-refractivity contribution in [3.8, 4) is 11.5 Å². The van der Waals surface area contributed by atoms with Gasteiger partial charge in [0.05, 0.1) is 13.2 Å². The molecule has 1 aromatic heterocycles. The fraction of sp³-hybridized carbons (Fsp3) is 0.500. The van der Waals surface area contributed by atoms with Crippen molar-refractivity contribution < 1.29 is 32.5 Å². The molecule has 4 N–H and O–H groups in total. The van der Waals surface area contributed by atoms with Gasteiger partial charge in [-0.1, -0.05) is 0 Å². The van der Waals surface area contributed by atoms with Crippen molar-refractivity contribution in [2.75, 3.05) is 36.9 Å². The molecule has 1 aromatic carbocycles. The first-order valence-electron chi connectivity index (χ1n) is 11.0. The van der Waals surface area contributed by atoms with Crippen LogP contribution in [0.25, 0.3) is 0 Å². The zero-order valence-corrected chi connectivity index (χ0v) is 19.0. The third kappa shape index (κ3) is 5.79. The Morgan fingerprint density at radius 1 is 1.21 bits per heavy atom. The highest BCUT2D eigenvalue weighted by molar-refractivity contribution is 5.88. The van der Waals surface area contributed by atoms with Crippen LogP contribution in [0.3, 0.4) is 0 Å². The molecule has 1 aliphatic rings. The van der Waals surface area contributed by atoms with Gasteiger partial charge in [-0.15, -0.1) is 0 Å². The molecular formula is C22H28F3N5O4. The van der Waals surface area contributed by atoms with Crippen LogP contribution in [0.2, 0.25) is 0 Å². The second kappa shape index (κ2) is 10.8. The second-order valence-electron chi connectivity index (χ2n) is 7.72. The standard InChI is InChI=1S/C22H28F3N5O4/c1-3-33-16-9-13(10-17(18(16)26)34-4-2)12-30(14-5-7-27-8-6-14)21-28-11-15(20(31)32)19(29-21)22(23,24)25/h9-11,14,27H,3-8,12,26H2,1-2H3,(H,31,32). The molecule has 0 amide bonds. The van der Waals surface area contributed by atoms with Gasteiger partial charge in [-0.3, -0.25) is 0 Å². The number of alkyl halides is 3. The number of halogens is 3. The van der Waals surface area contributed by atoms with Gasteiger partial charge in [-0.05, 0) is 57.5 Å². The number of nitrogens with one attached hydrogen (secondary N) is 1. The van der Waals surface area contributed by atoms with Gasteiger partial charge in [0.2, 0.25) is 5.95 Å². The molecule has 186 valence electrons. The summed E-state index contributed by atoms with van der Waals surface area (Å²) in [6, 6.07) is 3.26. The normalized spacial score (nSPS) is 14.6. The molecule has 0 radical (unpaired) electrons. The summed E-state index contributed by atoms with van der Waals surface area (Å²) in [5.74, 6) is -1.12. The Labute approximate surface area is 195 Å². The Bertz CT molecular complexity index is 986. The highest BCUT2D eigenvalue weighted by Crippen LogP contribution is 2.36. The van der Waals surface area contributed by atoms with E-state index in [1.54, 1.807) is 17.0 Å². The van der Waals surface area contributed by atoms with Gasteiger partial charge in [0.1, 0.15) is 22.7 Å². The number of ether oxygens (including phenoxy) is 2. The highest BCUT2D eigenvalue weighted by Gasteiger charge is 2.39. The van der Waals surface area contributed by atoms with Crippen LogP contribution in [0.1, 0.15) is 48.3 Å². The number of rotatable bonds is 9. The van der Waals surface area contributed by atoms with Gasteiger partial charge in [0.15, 0.2) is 5.69 Å². The molecule has 0 atom stereocenters. The molecule has 0 unspecified atom stereocenters. The van der Waals surface area contributed by atoms with Crippen LogP contribution < -0.4 is 25.4 Å². The number of carboxylic acids is 1. The van der Waals surface area contributed by atoms with Gasteiger partial charge in [-0.2, -0.15) is 13.2 Å². The zero-order valence-electron chi connectivity index (χ0n) is 19.0. The number of nitrogen functional groups attached to an aromatic ring is 1. The van der Waals surface area contributed by atoms with Crippen LogP contribution in [0.4, 0.5) is 24.8 Å². The largest absolute Gasteiger partial charge is 0.492 e. The van der Waals surface area contributed by atoms with Gasteiger partial charge >= 0.3 is 12.1 Å². The van der Waals surface area contributed by atoms with Gasteiger partial charge in [-0.25, -0.2) is 14.8 Å². The summed E-state index contributed by atoms with van der Waals surface area (Å²) in [4.78, 5) is 20.7. The Balaban J connectivity index is 2.07. The van der Waals surface area contributed by atoms with E-state index < -0.39 is 23.4 Å². The molecule has 34 heavy (non-hydrogen) atoms. The first-order chi connectivity index (χ1) is 16.2. The average Bonchev–Trinajstić information content (AvgIpc) is 2.80. The fourth-order valence-electron chi connectivity index (χ4n) is 3.86. The predicted octanol–water partition coefficient (Wildman–Crippen LogP) is 3.33. The average molecular weight is 483 g/mol. The van der Waals surface area contributed by atoms with Crippen LogP contribution in [0, 0.1) is 0 Å². The van der Waals surface area contributed by atoms with E-state index in [2.05, 4.69) is 15.3 Å². The third-order valence-electron chi connectivity index (χ3n) is 5.40. The highest BCUT2D eigenvalue weighted by atomic mass is 19.4. The minimum atomic E-state index is -4.95. The topological polar surface area (TPSA) is 123 Å². The molecule has 0 aliphatic carbocycles. The number of nitrogens with zero attached hydrogens (tertiary/aromatic N) is 3. The van der Waals surface area contributed by atoms with Gasteiger partial charge in [0, 0.05) is 18.8 Å². The smallest absolute Gasteiger partial charge is 0.434 e. The number of hydrogen-bond donors (Lipinski definition) is 3. The van der Waals surface area contributed by atoms with Crippen LogP contribution in [-0.4, -0.2) is 53.4 Å². The molecule has 0 spiro atoms. The van der Waals surface area contributed by atoms with Gasteiger partial charge in [0.25, 0.3) is 0 Å². The maximum Gasteiger partial charge on any atom is 0.434 e. The molecule has 2 heterocycles. The lowest BCUT2D eigenvalue weighted by molar-refractivity contribution is -0.141. The second-order valence-corrected chi connectivity index (χ2v) is 7.72. The molecule has 9 nitrogen and oxygen atoms in total. The monoisotopic (exact) mass is 483 g/mol. The Kier molecular flexibility index (Phi) is 8.02. The van der Waals surface area contributed by atoms with E-state index in [1.165, 1.54) is 0 Å². The first kappa shape index (κ1) is 25.3. The number of carboxylic acid groups (broad SMARTS) is 1. The summed E-state index contributed by atoms with van der Waals surface area (Å²) in [6.07, 6.45) is -2.94. The van der Waals surface area contributed by atoms with Crippen LogP contribution in [-0.2, 0) is 12.7 Å². The molecule has 1 saturated heterocycles. The minimum absolute atomic E-state index is 0.148. The Morgan fingerprint density at radius 2 is 1.79 bits per heavy atom. The van der Waals surface area contributed by atoms with E-state index in [1.807, 2.05) is 13.8 Å². The molecule has 3 rings (SSSR count). The summed E-state index contributed by atoms with van der Waals surface area (Å²) in [5, 5.41) is 12.4. The lowest BCUT2D eigenvalue weighted by Crippen LogP contribution is -2.44. The van der Waals surface area contributed by atoms with E-state index in [0.717, 1.165) is 0 Å².